The molecule has 2 aliphatic heterocycles. The van der Waals surface area contributed by atoms with Gasteiger partial charge in [-0.1, -0.05) is 0 Å². The Morgan fingerprint density at radius 2 is 1.01 bits per heavy atom. The SMILES string of the molecule is O=C(O)CC(C(=O)O[C@H]1[C@H](OC(=O)c2cc(O)c(O)c(O)c2)[C@@H](O)[C@H](OC(=O)c2cc(O)c(O)c(O)c2)O[C@@H]1COC(=O)c1cc(O)c(O)c(O)c1)C1c2c(cc(O)c(O)c2O)C(=O)O[C@H]1C(=O)O. The number of fused-ring (bicyclic) bond motifs is 1. The molecule has 2 heterocycles. The summed E-state index contributed by atoms with van der Waals surface area (Å²) >= 11 is 0. The molecule has 4 aromatic rings. The van der Waals surface area contributed by atoms with Gasteiger partial charge in [0.2, 0.25) is 18.1 Å². The largest absolute Gasteiger partial charge is 0.504 e. The Bertz CT molecular complexity index is 2730. The maximum atomic E-state index is 14.5. The van der Waals surface area contributed by atoms with Crippen molar-refractivity contribution in [3.8, 4) is 69.0 Å². The number of cyclic esters (lactones) is 1. The van der Waals surface area contributed by atoms with E-state index in [4.69, 9.17) is 28.4 Å². The number of esters is 5. The molecule has 4 aromatic carbocycles. The number of carboxylic acids is 2. The number of phenols is 12. The molecule has 6 rings (SSSR count). The summed E-state index contributed by atoms with van der Waals surface area (Å²) in [5.41, 5.74) is -4.20. The molecule has 0 bridgehead atoms. The summed E-state index contributed by atoms with van der Waals surface area (Å²) in [6.07, 6.45) is -16.8. The zero-order valence-corrected chi connectivity index (χ0v) is 34.1. The fraction of sp³-hybridized carbons (Fsp3) is 0.244. The van der Waals surface area contributed by atoms with Crippen LogP contribution < -0.4 is 0 Å². The van der Waals surface area contributed by atoms with Gasteiger partial charge in [-0.05, 0) is 42.5 Å². The van der Waals surface area contributed by atoms with Crippen molar-refractivity contribution in [1.82, 2.24) is 0 Å². The van der Waals surface area contributed by atoms with Crippen LogP contribution in [0.4, 0.5) is 0 Å². The minimum atomic E-state index is -2.67. The van der Waals surface area contributed by atoms with Crippen molar-refractivity contribution in [2.24, 2.45) is 5.92 Å². The van der Waals surface area contributed by atoms with Gasteiger partial charge in [0.05, 0.1) is 40.5 Å². The Labute approximate surface area is 381 Å². The molecule has 0 aliphatic carbocycles. The molecule has 2 aliphatic rings. The average Bonchev–Trinajstić information content (AvgIpc) is 3.28. The first-order valence-electron chi connectivity index (χ1n) is 19.1. The molecule has 0 spiro atoms. The lowest BCUT2D eigenvalue weighted by atomic mass is 9.76. The molecule has 15 N–H and O–H groups in total. The van der Waals surface area contributed by atoms with E-state index in [0.717, 1.165) is 0 Å². The fourth-order valence-corrected chi connectivity index (χ4v) is 7.13. The first kappa shape index (κ1) is 49.1. The molecule has 28 nitrogen and oxygen atoms in total. The summed E-state index contributed by atoms with van der Waals surface area (Å²) in [6, 6.07) is 3.74. The number of aromatic hydroxyl groups is 12. The lowest BCUT2D eigenvalue weighted by Gasteiger charge is -2.43. The van der Waals surface area contributed by atoms with E-state index in [1.165, 1.54) is 0 Å². The molecule has 0 amide bonds. The van der Waals surface area contributed by atoms with Gasteiger partial charge in [-0.2, -0.15) is 0 Å². The van der Waals surface area contributed by atoms with Gasteiger partial charge in [0.15, 0.2) is 81.6 Å². The summed E-state index contributed by atoms with van der Waals surface area (Å²) in [5, 5.41) is 153. The second-order valence-corrected chi connectivity index (χ2v) is 14.8. The number of carbonyl (C=O) groups excluding carboxylic acids is 5. The molecular weight excluding hydrogens is 940 g/mol. The lowest BCUT2D eigenvalue weighted by molar-refractivity contribution is -0.288. The number of carbonyl (C=O) groups is 7. The minimum absolute atomic E-state index is 0.473. The maximum absolute atomic E-state index is 14.5. The van der Waals surface area contributed by atoms with Gasteiger partial charge >= 0.3 is 41.8 Å². The third-order valence-electron chi connectivity index (χ3n) is 10.4. The van der Waals surface area contributed by atoms with Crippen LogP contribution in [0, 0.1) is 5.92 Å². The second-order valence-electron chi connectivity index (χ2n) is 14.8. The van der Waals surface area contributed by atoms with Gasteiger partial charge in [-0.15, -0.1) is 0 Å². The maximum Gasteiger partial charge on any atom is 0.345 e. The summed E-state index contributed by atoms with van der Waals surface area (Å²) in [4.78, 5) is 92.7. The van der Waals surface area contributed by atoms with Crippen molar-refractivity contribution in [3.63, 3.8) is 0 Å². The third kappa shape index (κ3) is 9.67. The molecular formula is C41H34O28. The van der Waals surface area contributed by atoms with E-state index in [1.807, 2.05) is 0 Å². The standard InChI is InChI=1S/C41H34O28/c42-15-1-10(2-16(43)26(15)51)36(59)64-9-22-32(66-40(63)14(8-23(49)50)25-24-13(7-21(48)29(54)30(24)55)39(62)67-33(25)35(57)58)34(68-37(60)11-3-17(44)27(52)18(45)4-11)31(56)41(65-22)69-38(61)12-5-19(46)28(53)20(47)6-12/h1-7,14,22,25,31-34,41-48,51-56H,8-9H2,(H,49,50)(H,57,58)/t14?,22-,25?,31-,32-,33-,34-,41+/m1/s1. The quantitative estimate of drug-likeness (QED) is 0.0472. The smallest absolute Gasteiger partial charge is 0.345 e. The Morgan fingerprint density at radius 3 is 1.48 bits per heavy atom. The van der Waals surface area contributed by atoms with Crippen molar-refractivity contribution in [2.75, 3.05) is 6.61 Å². The van der Waals surface area contributed by atoms with Crippen molar-refractivity contribution in [2.45, 2.75) is 49.1 Å². The van der Waals surface area contributed by atoms with Gasteiger partial charge in [-0.25, -0.2) is 24.0 Å². The first-order valence-corrected chi connectivity index (χ1v) is 19.1. The van der Waals surface area contributed by atoms with Crippen LogP contribution in [0.5, 0.6) is 69.0 Å². The Morgan fingerprint density at radius 1 is 0.565 bits per heavy atom. The number of hydrogen-bond donors (Lipinski definition) is 15. The van der Waals surface area contributed by atoms with E-state index in [2.05, 4.69) is 0 Å². The summed E-state index contributed by atoms with van der Waals surface area (Å²) < 4.78 is 31.9. The molecule has 1 fully saturated rings. The predicted octanol–water partition coefficient (Wildman–Crippen LogP) is -0.111. The Balaban J connectivity index is 1.48. The van der Waals surface area contributed by atoms with Crippen LogP contribution in [-0.4, -0.2) is 162 Å². The van der Waals surface area contributed by atoms with Gasteiger partial charge in [0.25, 0.3) is 0 Å². The van der Waals surface area contributed by atoms with Crippen LogP contribution in [0.1, 0.15) is 59.3 Å². The normalized spacial score (nSPS) is 21.1. The molecule has 0 radical (unpaired) electrons. The zero-order valence-electron chi connectivity index (χ0n) is 34.1. The monoisotopic (exact) mass is 974 g/mol. The highest BCUT2D eigenvalue weighted by atomic mass is 16.7. The first-order chi connectivity index (χ1) is 32.3. The van der Waals surface area contributed by atoms with E-state index in [-0.39, 0.29) is 0 Å². The van der Waals surface area contributed by atoms with Crippen molar-refractivity contribution >= 4 is 41.8 Å². The highest BCUT2D eigenvalue weighted by Crippen LogP contribution is 2.50. The molecule has 69 heavy (non-hydrogen) atoms. The summed E-state index contributed by atoms with van der Waals surface area (Å²) in [7, 11) is 0. The van der Waals surface area contributed by atoms with E-state index in [0.29, 0.717) is 42.5 Å². The number of ether oxygens (including phenoxy) is 6. The van der Waals surface area contributed by atoms with Crippen molar-refractivity contribution in [3.05, 3.63) is 70.3 Å². The van der Waals surface area contributed by atoms with Gasteiger partial charge < -0.3 is 105 Å². The number of phenolic OH excluding ortho intramolecular Hbond substituents is 12. The third-order valence-corrected chi connectivity index (χ3v) is 10.4. The molecule has 28 heteroatoms. The summed E-state index contributed by atoms with van der Waals surface area (Å²) in [6.45, 7) is -1.34. The Kier molecular flexibility index (Phi) is 13.4. The number of aliphatic hydroxyl groups is 1. The molecule has 0 aromatic heterocycles. The number of carboxylic acid groups (broad SMARTS) is 2. The van der Waals surface area contributed by atoms with E-state index in [1.54, 1.807) is 0 Å². The second kappa shape index (κ2) is 18.9. The number of benzene rings is 4. The fourth-order valence-electron chi connectivity index (χ4n) is 7.13. The molecule has 2 unspecified atom stereocenters. The van der Waals surface area contributed by atoms with E-state index < -0.39 is 200 Å². The van der Waals surface area contributed by atoms with Gasteiger partial charge in [0, 0.05) is 5.56 Å². The topological polar surface area (TPSA) is 478 Å². The van der Waals surface area contributed by atoms with Crippen LogP contribution >= 0.6 is 0 Å². The number of aliphatic carboxylic acids is 2. The van der Waals surface area contributed by atoms with Crippen LogP contribution in [0.3, 0.4) is 0 Å². The number of rotatable bonds is 13. The van der Waals surface area contributed by atoms with Crippen LogP contribution in [-0.2, 0) is 42.8 Å². The van der Waals surface area contributed by atoms with Gasteiger partial charge in [0.1, 0.15) is 12.7 Å². The van der Waals surface area contributed by atoms with E-state index >= 15 is 0 Å². The summed E-state index contributed by atoms with van der Waals surface area (Å²) in [5.74, 6) is -31.1. The zero-order chi connectivity index (χ0) is 51.1. The van der Waals surface area contributed by atoms with Crippen LogP contribution in [0.2, 0.25) is 0 Å². The van der Waals surface area contributed by atoms with Crippen LogP contribution in [0.25, 0.3) is 0 Å². The van der Waals surface area contributed by atoms with Crippen molar-refractivity contribution < 1.29 is 139 Å². The lowest BCUT2D eigenvalue weighted by Crippen LogP contribution is -2.62. The number of hydrogen-bond acceptors (Lipinski definition) is 26. The molecule has 0 saturated carbocycles. The number of aliphatic hydroxyl groups excluding tert-OH is 1. The molecule has 366 valence electrons. The minimum Gasteiger partial charge on any atom is -0.504 e. The molecule has 8 atom stereocenters. The highest BCUT2D eigenvalue weighted by molar-refractivity contribution is 5.99. The predicted molar refractivity (Wildman–Crippen MR) is 211 cm³/mol. The van der Waals surface area contributed by atoms with Gasteiger partial charge in [-0.3, -0.25) is 9.59 Å². The van der Waals surface area contributed by atoms with Crippen molar-refractivity contribution in [1.29, 1.82) is 0 Å². The van der Waals surface area contributed by atoms with Crippen LogP contribution in [0.15, 0.2) is 42.5 Å². The highest BCUT2D eigenvalue weighted by Gasteiger charge is 2.55. The molecule has 1 saturated heterocycles. The Hall–Kier alpha value is -9.31. The van der Waals surface area contributed by atoms with E-state index in [9.17, 15) is 110 Å². The average molecular weight is 975 g/mol.